The molecule has 0 radical (unpaired) electrons. The smallest absolute Gasteiger partial charge is 0.239 e. The molecule has 0 saturated carbocycles. The van der Waals surface area contributed by atoms with Crippen molar-refractivity contribution >= 4 is 11.7 Å². The largest absolute Gasteiger partial charge is 0.466 e. The van der Waals surface area contributed by atoms with Crippen LogP contribution in [-0.4, -0.2) is 17.6 Å². The Bertz CT molecular complexity index is 601. The second kappa shape index (κ2) is 5.92. The first-order chi connectivity index (χ1) is 9.45. The van der Waals surface area contributed by atoms with Crippen molar-refractivity contribution in [2.24, 2.45) is 0 Å². The van der Waals surface area contributed by atoms with E-state index in [-0.39, 0.29) is 18.5 Å². The van der Waals surface area contributed by atoms with Gasteiger partial charge < -0.3 is 19.6 Å². The van der Waals surface area contributed by atoms with E-state index in [4.69, 9.17) is 8.94 Å². The third-order valence-electron chi connectivity index (χ3n) is 3.01. The number of carbonyl (C=O) groups is 1. The average molecular weight is 277 g/mol. The topological polar surface area (TPSA) is 80.3 Å². The number of nitrogens with zero attached hydrogens (tertiary/aromatic N) is 1. The zero-order valence-corrected chi connectivity index (χ0v) is 12.1. The van der Waals surface area contributed by atoms with Crippen molar-refractivity contribution in [2.45, 2.75) is 33.7 Å². The van der Waals surface area contributed by atoms with Gasteiger partial charge in [0.2, 0.25) is 5.91 Å². The Morgan fingerprint density at radius 3 is 2.60 bits per heavy atom. The molecule has 0 unspecified atom stereocenters. The summed E-state index contributed by atoms with van der Waals surface area (Å²) in [5.74, 6) is 2.66. The first-order valence-corrected chi connectivity index (χ1v) is 6.49. The fourth-order valence-electron chi connectivity index (χ4n) is 2.05. The van der Waals surface area contributed by atoms with Crippen LogP contribution in [0.3, 0.4) is 0 Å². The molecule has 0 aliphatic heterocycles. The number of furan rings is 1. The Morgan fingerprint density at radius 2 is 2.05 bits per heavy atom. The van der Waals surface area contributed by atoms with Gasteiger partial charge in [-0.25, -0.2) is 0 Å². The third kappa shape index (κ3) is 3.48. The van der Waals surface area contributed by atoms with Crippen molar-refractivity contribution in [3.8, 4) is 0 Å². The highest BCUT2D eigenvalue weighted by Gasteiger charge is 2.14. The molecule has 1 amide bonds. The zero-order chi connectivity index (χ0) is 14.7. The molecule has 0 spiro atoms. The van der Waals surface area contributed by atoms with Crippen LogP contribution in [0.15, 0.2) is 21.1 Å². The molecule has 108 valence electrons. The normalized spacial score (nSPS) is 12.4. The Labute approximate surface area is 117 Å². The molecule has 1 atom stereocenters. The summed E-state index contributed by atoms with van der Waals surface area (Å²) in [5.41, 5.74) is 1.06. The first-order valence-electron chi connectivity index (χ1n) is 6.49. The first kappa shape index (κ1) is 14.3. The highest BCUT2D eigenvalue weighted by molar-refractivity contribution is 5.91. The highest BCUT2D eigenvalue weighted by atomic mass is 16.5. The molecule has 0 bridgehead atoms. The average Bonchev–Trinajstić information content (AvgIpc) is 2.92. The molecule has 2 heterocycles. The number of carbonyl (C=O) groups excluding carboxylic acids is 1. The van der Waals surface area contributed by atoms with E-state index in [1.807, 2.05) is 26.8 Å². The predicted octanol–water partition coefficient (Wildman–Crippen LogP) is 2.48. The van der Waals surface area contributed by atoms with Crippen molar-refractivity contribution in [3.05, 3.63) is 35.0 Å². The maximum atomic E-state index is 11.8. The van der Waals surface area contributed by atoms with Crippen LogP contribution in [0, 0.1) is 20.8 Å². The van der Waals surface area contributed by atoms with E-state index >= 15 is 0 Å². The summed E-state index contributed by atoms with van der Waals surface area (Å²) in [7, 11) is 0. The maximum absolute atomic E-state index is 11.8. The lowest BCUT2D eigenvalue weighted by atomic mass is 10.1. The van der Waals surface area contributed by atoms with Crippen LogP contribution in [0.4, 0.5) is 5.82 Å². The standard InChI is InChI=1S/C14H19N3O3/c1-8-5-12(11(4)19-8)10(3)15-7-14(18)16-13-6-9(2)20-17-13/h5-6,10,15H,7H2,1-4H3,(H,16,17,18)/t10-/m1/s1. The fourth-order valence-corrected chi connectivity index (χ4v) is 2.05. The summed E-state index contributed by atoms with van der Waals surface area (Å²) in [4.78, 5) is 11.8. The van der Waals surface area contributed by atoms with Gasteiger partial charge in [0.05, 0.1) is 6.54 Å². The third-order valence-corrected chi connectivity index (χ3v) is 3.01. The van der Waals surface area contributed by atoms with Gasteiger partial charge in [-0.05, 0) is 33.8 Å². The molecule has 0 aliphatic carbocycles. The van der Waals surface area contributed by atoms with Crippen molar-refractivity contribution in [1.29, 1.82) is 0 Å². The minimum atomic E-state index is -0.164. The summed E-state index contributed by atoms with van der Waals surface area (Å²) >= 11 is 0. The summed E-state index contributed by atoms with van der Waals surface area (Å²) in [6.07, 6.45) is 0. The van der Waals surface area contributed by atoms with Gasteiger partial charge in [0.25, 0.3) is 0 Å². The van der Waals surface area contributed by atoms with Gasteiger partial charge in [0, 0.05) is 17.7 Å². The molecule has 0 aromatic carbocycles. The van der Waals surface area contributed by atoms with E-state index in [1.165, 1.54) is 0 Å². The summed E-state index contributed by atoms with van der Waals surface area (Å²) in [6.45, 7) is 7.77. The lowest BCUT2D eigenvalue weighted by Gasteiger charge is -2.12. The lowest BCUT2D eigenvalue weighted by molar-refractivity contribution is -0.115. The molecule has 2 aromatic rings. The van der Waals surface area contributed by atoms with E-state index in [0.29, 0.717) is 11.6 Å². The van der Waals surface area contributed by atoms with Crippen molar-refractivity contribution in [3.63, 3.8) is 0 Å². The molecular formula is C14H19N3O3. The van der Waals surface area contributed by atoms with Gasteiger partial charge in [-0.3, -0.25) is 4.79 Å². The lowest BCUT2D eigenvalue weighted by Crippen LogP contribution is -2.30. The number of amides is 1. The zero-order valence-electron chi connectivity index (χ0n) is 12.1. The second-order valence-electron chi connectivity index (χ2n) is 4.84. The molecular weight excluding hydrogens is 258 g/mol. The number of hydrogen-bond donors (Lipinski definition) is 2. The van der Waals surface area contributed by atoms with Gasteiger partial charge in [0.1, 0.15) is 17.3 Å². The van der Waals surface area contributed by atoms with Crippen LogP contribution < -0.4 is 10.6 Å². The quantitative estimate of drug-likeness (QED) is 0.877. The van der Waals surface area contributed by atoms with Crippen molar-refractivity contribution < 1.29 is 13.7 Å². The Kier molecular flexibility index (Phi) is 4.24. The van der Waals surface area contributed by atoms with E-state index in [9.17, 15) is 4.79 Å². The Morgan fingerprint density at radius 1 is 1.30 bits per heavy atom. The number of anilines is 1. The molecule has 6 heteroatoms. The van der Waals surface area contributed by atoms with Crippen LogP contribution in [0.25, 0.3) is 0 Å². The minimum Gasteiger partial charge on any atom is -0.466 e. The van der Waals surface area contributed by atoms with Gasteiger partial charge in [0.15, 0.2) is 5.82 Å². The van der Waals surface area contributed by atoms with Crippen molar-refractivity contribution in [2.75, 3.05) is 11.9 Å². The van der Waals surface area contributed by atoms with E-state index < -0.39 is 0 Å². The van der Waals surface area contributed by atoms with Gasteiger partial charge in [-0.15, -0.1) is 0 Å². The molecule has 2 N–H and O–H groups in total. The van der Waals surface area contributed by atoms with E-state index in [0.717, 1.165) is 17.1 Å². The number of aryl methyl sites for hydroxylation is 3. The van der Waals surface area contributed by atoms with Crippen LogP contribution >= 0.6 is 0 Å². The van der Waals surface area contributed by atoms with E-state index in [2.05, 4.69) is 15.8 Å². The molecule has 2 rings (SSSR count). The number of nitrogens with one attached hydrogen (secondary N) is 2. The number of hydrogen-bond acceptors (Lipinski definition) is 5. The van der Waals surface area contributed by atoms with Crippen LogP contribution in [0.1, 0.15) is 35.8 Å². The monoisotopic (exact) mass is 277 g/mol. The number of aromatic nitrogens is 1. The number of rotatable bonds is 5. The SMILES string of the molecule is Cc1cc(NC(=O)CN[C@H](C)c2cc(C)oc2C)no1. The van der Waals surface area contributed by atoms with Crippen molar-refractivity contribution in [1.82, 2.24) is 10.5 Å². The maximum Gasteiger partial charge on any atom is 0.239 e. The predicted molar refractivity (Wildman–Crippen MR) is 74.5 cm³/mol. The Hall–Kier alpha value is -2.08. The van der Waals surface area contributed by atoms with Gasteiger partial charge in [-0.1, -0.05) is 5.16 Å². The highest BCUT2D eigenvalue weighted by Crippen LogP contribution is 2.20. The molecule has 6 nitrogen and oxygen atoms in total. The van der Waals surface area contributed by atoms with Crippen LogP contribution in [-0.2, 0) is 4.79 Å². The molecule has 0 fully saturated rings. The van der Waals surface area contributed by atoms with Gasteiger partial charge in [-0.2, -0.15) is 0 Å². The molecule has 20 heavy (non-hydrogen) atoms. The van der Waals surface area contributed by atoms with Gasteiger partial charge >= 0.3 is 0 Å². The fraction of sp³-hybridized carbons (Fsp3) is 0.429. The second-order valence-corrected chi connectivity index (χ2v) is 4.84. The van der Waals surface area contributed by atoms with Crippen LogP contribution in [0.2, 0.25) is 0 Å². The molecule has 2 aromatic heterocycles. The summed E-state index contributed by atoms with van der Waals surface area (Å²) in [5, 5.41) is 9.52. The minimum absolute atomic E-state index is 0.0391. The summed E-state index contributed by atoms with van der Waals surface area (Å²) < 4.78 is 10.4. The van der Waals surface area contributed by atoms with E-state index in [1.54, 1.807) is 13.0 Å². The molecule has 0 saturated heterocycles. The Balaban J connectivity index is 1.85. The van der Waals surface area contributed by atoms with Crippen LogP contribution in [0.5, 0.6) is 0 Å². The molecule has 0 aliphatic rings. The summed E-state index contributed by atoms with van der Waals surface area (Å²) in [6, 6.07) is 3.69.